The Hall–Kier alpha value is -2.08. The van der Waals surface area contributed by atoms with Crippen LogP contribution in [-0.2, 0) is 4.79 Å². The van der Waals surface area contributed by atoms with Crippen LogP contribution in [0.15, 0.2) is 54.6 Å². The minimum absolute atomic E-state index is 0. The zero-order valence-corrected chi connectivity index (χ0v) is 17.0. The van der Waals surface area contributed by atoms with Crippen LogP contribution in [0.2, 0.25) is 0 Å². The molecule has 1 aliphatic heterocycles. The molecule has 1 amide bonds. The van der Waals surface area contributed by atoms with Gasteiger partial charge in [0.05, 0.1) is 13.0 Å². The fraction of sp³-hybridized carbons (Fsp3) is 0.409. The molecule has 2 N–H and O–H groups in total. The summed E-state index contributed by atoms with van der Waals surface area (Å²) in [7, 11) is 0. The summed E-state index contributed by atoms with van der Waals surface area (Å²) in [5.74, 6) is 0.864. The number of benzene rings is 2. The van der Waals surface area contributed by atoms with Gasteiger partial charge in [-0.3, -0.25) is 4.79 Å². The summed E-state index contributed by atoms with van der Waals surface area (Å²) in [6.07, 6.45) is 1.36. The molecule has 2 aromatic carbocycles. The van der Waals surface area contributed by atoms with Crippen molar-refractivity contribution in [1.29, 1.82) is 0 Å². The van der Waals surface area contributed by atoms with E-state index in [2.05, 4.69) is 27.7 Å². The van der Waals surface area contributed by atoms with Gasteiger partial charge in [0, 0.05) is 38.3 Å². The van der Waals surface area contributed by atoms with Gasteiger partial charge in [-0.1, -0.05) is 48.5 Å². The molecule has 0 atom stereocenters. The molecule has 0 radical (unpaired) electrons. The molecule has 2 aromatic rings. The normalized spacial score (nSPS) is 14.1. The van der Waals surface area contributed by atoms with E-state index in [1.54, 1.807) is 0 Å². The number of nitrogens with one attached hydrogen (secondary N) is 2. The second kappa shape index (κ2) is 12.4. The molecule has 28 heavy (non-hydrogen) atoms. The summed E-state index contributed by atoms with van der Waals surface area (Å²) in [4.78, 5) is 14.5. The lowest BCUT2D eigenvalue weighted by molar-refractivity contribution is -0.121. The third-order valence-electron chi connectivity index (χ3n) is 4.74. The maximum atomic E-state index is 12.0. The maximum Gasteiger partial charge on any atom is 0.223 e. The number of carbonyl (C=O) groups excluding carboxylic acids is 1. The standard InChI is InChI=1S/C22H29N3O2.ClH/c26-22(24-12-6-15-25-16-13-23-14-17-25)11-18-27-21-10-5-4-9-20(21)19-7-2-1-3-8-19;/h1-5,7-10,23H,6,11-18H2,(H,24,26);1H. The van der Waals surface area contributed by atoms with Crippen molar-refractivity contribution in [3.63, 3.8) is 0 Å². The first-order valence-corrected chi connectivity index (χ1v) is 9.80. The molecule has 5 nitrogen and oxygen atoms in total. The molecule has 152 valence electrons. The summed E-state index contributed by atoms with van der Waals surface area (Å²) in [5, 5.41) is 6.34. The molecule has 3 rings (SSSR count). The van der Waals surface area contributed by atoms with Crippen LogP contribution in [0.1, 0.15) is 12.8 Å². The van der Waals surface area contributed by atoms with Crippen LogP contribution in [0.5, 0.6) is 5.75 Å². The van der Waals surface area contributed by atoms with Gasteiger partial charge >= 0.3 is 0 Å². The molecule has 6 heteroatoms. The van der Waals surface area contributed by atoms with Crippen LogP contribution in [-0.4, -0.2) is 56.7 Å². The highest BCUT2D eigenvalue weighted by atomic mass is 35.5. The molecule has 0 aliphatic carbocycles. The predicted molar refractivity (Wildman–Crippen MR) is 116 cm³/mol. The minimum Gasteiger partial charge on any atom is -0.492 e. The molecule has 0 unspecified atom stereocenters. The second-order valence-electron chi connectivity index (χ2n) is 6.76. The number of piperazine rings is 1. The lowest BCUT2D eigenvalue weighted by atomic mass is 10.1. The molecule has 0 saturated carbocycles. The van der Waals surface area contributed by atoms with Gasteiger partial charge in [-0.15, -0.1) is 12.4 Å². The van der Waals surface area contributed by atoms with E-state index in [1.165, 1.54) is 0 Å². The summed E-state index contributed by atoms with van der Waals surface area (Å²) in [6.45, 7) is 6.48. The predicted octanol–water partition coefficient (Wildman–Crippen LogP) is 2.96. The van der Waals surface area contributed by atoms with Crippen LogP contribution in [0, 0.1) is 0 Å². The highest BCUT2D eigenvalue weighted by Gasteiger charge is 2.09. The Bertz CT molecular complexity index is 706. The first kappa shape index (κ1) is 22.2. The van der Waals surface area contributed by atoms with Crippen LogP contribution in [0.25, 0.3) is 11.1 Å². The van der Waals surface area contributed by atoms with Crippen molar-refractivity contribution in [1.82, 2.24) is 15.5 Å². The topological polar surface area (TPSA) is 53.6 Å². The second-order valence-corrected chi connectivity index (χ2v) is 6.76. The average Bonchev–Trinajstić information content (AvgIpc) is 2.73. The number of ether oxygens (including phenoxy) is 1. The van der Waals surface area contributed by atoms with E-state index in [0.717, 1.165) is 62.6 Å². The number of para-hydroxylation sites is 1. The summed E-state index contributed by atoms with van der Waals surface area (Å²) in [6, 6.07) is 18.1. The number of amides is 1. The lowest BCUT2D eigenvalue weighted by Gasteiger charge is -2.27. The van der Waals surface area contributed by atoms with Crippen molar-refractivity contribution < 1.29 is 9.53 Å². The van der Waals surface area contributed by atoms with Gasteiger partial charge < -0.3 is 20.3 Å². The van der Waals surface area contributed by atoms with Crippen LogP contribution >= 0.6 is 12.4 Å². The van der Waals surface area contributed by atoms with E-state index in [1.807, 2.05) is 42.5 Å². The van der Waals surface area contributed by atoms with E-state index in [4.69, 9.17) is 4.74 Å². The quantitative estimate of drug-likeness (QED) is 0.632. The summed E-state index contributed by atoms with van der Waals surface area (Å²) in [5.41, 5.74) is 2.17. The van der Waals surface area contributed by atoms with Crippen molar-refractivity contribution in [2.75, 3.05) is 45.9 Å². The largest absolute Gasteiger partial charge is 0.492 e. The van der Waals surface area contributed by atoms with Gasteiger partial charge in [0.2, 0.25) is 5.91 Å². The molecular weight excluding hydrogens is 374 g/mol. The van der Waals surface area contributed by atoms with E-state index in [-0.39, 0.29) is 18.3 Å². The number of carbonyl (C=O) groups is 1. The van der Waals surface area contributed by atoms with Gasteiger partial charge in [0.25, 0.3) is 0 Å². The highest BCUT2D eigenvalue weighted by molar-refractivity contribution is 5.85. The lowest BCUT2D eigenvalue weighted by Crippen LogP contribution is -2.44. The molecule has 0 spiro atoms. The Balaban J connectivity index is 0.00000280. The number of rotatable bonds is 9. The van der Waals surface area contributed by atoms with Gasteiger partial charge in [-0.25, -0.2) is 0 Å². The Kier molecular flexibility index (Phi) is 9.83. The van der Waals surface area contributed by atoms with Gasteiger partial charge in [0.1, 0.15) is 5.75 Å². The summed E-state index contributed by atoms with van der Waals surface area (Å²) < 4.78 is 5.89. The monoisotopic (exact) mass is 403 g/mol. The van der Waals surface area contributed by atoms with Crippen LogP contribution in [0.4, 0.5) is 0 Å². The van der Waals surface area contributed by atoms with Crippen molar-refractivity contribution in [3.8, 4) is 16.9 Å². The Morgan fingerprint density at radius 2 is 1.75 bits per heavy atom. The third kappa shape index (κ3) is 7.15. The smallest absolute Gasteiger partial charge is 0.223 e. The van der Waals surface area contributed by atoms with Crippen LogP contribution in [0.3, 0.4) is 0 Å². The molecule has 1 saturated heterocycles. The third-order valence-corrected chi connectivity index (χ3v) is 4.74. The molecule has 0 bridgehead atoms. The number of nitrogens with zero attached hydrogens (tertiary/aromatic N) is 1. The Morgan fingerprint density at radius 1 is 1.04 bits per heavy atom. The van der Waals surface area contributed by atoms with E-state index in [9.17, 15) is 4.79 Å². The molecule has 1 fully saturated rings. The number of halogens is 1. The first-order chi connectivity index (χ1) is 13.3. The van der Waals surface area contributed by atoms with Gasteiger partial charge in [0.15, 0.2) is 0 Å². The van der Waals surface area contributed by atoms with Crippen LogP contribution < -0.4 is 15.4 Å². The molecule has 1 heterocycles. The SMILES string of the molecule is Cl.O=C(CCOc1ccccc1-c1ccccc1)NCCCN1CCNCC1. The van der Waals surface area contributed by atoms with Crippen molar-refractivity contribution in [2.24, 2.45) is 0 Å². The first-order valence-electron chi connectivity index (χ1n) is 9.80. The minimum atomic E-state index is 0. The molecular formula is C22H30ClN3O2. The zero-order valence-electron chi connectivity index (χ0n) is 16.2. The number of hydrogen-bond acceptors (Lipinski definition) is 4. The molecule has 1 aliphatic rings. The van der Waals surface area contributed by atoms with E-state index >= 15 is 0 Å². The fourth-order valence-corrected chi connectivity index (χ4v) is 3.26. The number of hydrogen-bond donors (Lipinski definition) is 2. The van der Waals surface area contributed by atoms with Gasteiger partial charge in [-0.2, -0.15) is 0 Å². The molecule has 0 aromatic heterocycles. The zero-order chi connectivity index (χ0) is 18.7. The van der Waals surface area contributed by atoms with E-state index < -0.39 is 0 Å². The maximum absolute atomic E-state index is 12.0. The van der Waals surface area contributed by atoms with Crippen molar-refractivity contribution in [3.05, 3.63) is 54.6 Å². The van der Waals surface area contributed by atoms with Crippen molar-refractivity contribution in [2.45, 2.75) is 12.8 Å². The Labute approximate surface area is 173 Å². The van der Waals surface area contributed by atoms with E-state index in [0.29, 0.717) is 13.0 Å². The highest BCUT2D eigenvalue weighted by Crippen LogP contribution is 2.29. The fourth-order valence-electron chi connectivity index (χ4n) is 3.26. The average molecular weight is 404 g/mol. The Morgan fingerprint density at radius 3 is 2.54 bits per heavy atom. The summed E-state index contributed by atoms with van der Waals surface area (Å²) >= 11 is 0. The van der Waals surface area contributed by atoms with Gasteiger partial charge in [-0.05, 0) is 24.6 Å². The van der Waals surface area contributed by atoms with Crippen molar-refractivity contribution >= 4 is 18.3 Å².